The Morgan fingerprint density at radius 1 is 0.969 bits per heavy atom. The molecule has 0 aliphatic heterocycles. The summed E-state index contributed by atoms with van der Waals surface area (Å²) in [6.07, 6.45) is 7.66. The van der Waals surface area contributed by atoms with Crippen LogP contribution in [-0.4, -0.2) is 36.7 Å². The molecule has 0 aliphatic carbocycles. The Hall–Kier alpha value is -1.76. The van der Waals surface area contributed by atoms with Gasteiger partial charge in [-0.25, -0.2) is 4.98 Å². The summed E-state index contributed by atoms with van der Waals surface area (Å²) in [5.74, 6) is 2.05. The number of hydrogen-bond donors (Lipinski definition) is 0. The summed E-state index contributed by atoms with van der Waals surface area (Å²) >= 11 is 1.91. The number of unbranched alkanes of at least 4 members (excludes halogenated alkanes) is 1. The molecule has 0 saturated heterocycles. The Balaban J connectivity index is 1.52. The number of pyridine rings is 1. The molecular formula is C26H38N2O2SSi. The summed E-state index contributed by atoms with van der Waals surface area (Å²) in [6, 6.07) is 12.5. The topological polar surface area (TPSA) is 35.8 Å². The van der Waals surface area contributed by atoms with Crippen molar-refractivity contribution in [3.05, 3.63) is 48.8 Å². The van der Waals surface area contributed by atoms with E-state index in [1.807, 2.05) is 23.9 Å². The van der Waals surface area contributed by atoms with Crippen LogP contribution in [0.5, 0.6) is 5.75 Å². The summed E-state index contributed by atoms with van der Waals surface area (Å²) in [4.78, 5) is 6.07. The standard InChI is InChI=1S/C26H38N2O2SSi/c1-7-8-18-31-23-14-15-25-27-24(20-28(25)19-23)21-10-12-22(13-11-21)29-16-9-17-30-32(5,6)26(2,3)4/h10-15,19-20H,7-9,16-18H2,1-6H3. The second-order valence-corrected chi connectivity index (χ2v) is 15.8. The Bertz CT molecular complexity index is 993. The fourth-order valence-electron chi connectivity index (χ4n) is 3.04. The van der Waals surface area contributed by atoms with Gasteiger partial charge >= 0.3 is 0 Å². The van der Waals surface area contributed by atoms with E-state index in [0.29, 0.717) is 6.61 Å². The van der Waals surface area contributed by atoms with Crippen LogP contribution >= 0.6 is 11.8 Å². The van der Waals surface area contributed by atoms with Crippen molar-refractivity contribution in [3.8, 4) is 17.0 Å². The fraction of sp³-hybridized carbons (Fsp3) is 0.500. The van der Waals surface area contributed by atoms with Gasteiger partial charge in [0, 0.05) is 35.9 Å². The molecule has 0 atom stereocenters. The molecule has 6 heteroatoms. The Labute approximate surface area is 198 Å². The van der Waals surface area contributed by atoms with Crippen LogP contribution in [0.1, 0.15) is 47.0 Å². The first kappa shape index (κ1) is 24.9. The van der Waals surface area contributed by atoms with Gasteiger partial charge in [-0.1, -0.05) is 34.1 Å². The fourth-order valence-corrected chi connectivity index (χ4v) is 5.15. The minimum atomic E-state index is -1.67. The average molecular weight is 471 g/mol. The number of ether oxygens (including phenoxy) is 1. The largest absolute Gasteiger partial charge is 0.494 e. The van der Waals surface area contributed by atoms with E-state index in [0.717, 1.165) is 41.4 Å². The van der Waals surface area contributed by atoms with E-state index in [9.17, 15) is 0 Å². The van der Waals surface area contributed by atoms with E-state index in [-0.39, 0.29) is 5.04 Å². The maximum absolute atomic E-state index is 6.22. The molecule has 0 spiro atoms. The molecule has 0 N–H and O–H groups in total. The maximum Gasteiger partial charge on any atom is 0.191 e. The molecule has 2 aromatic heterocycles. The lowest BCUT2D eigenvalue weighted by Gasteiger charge is -2.36. The second kappa shape index (κ2) is 10.9. The van der Waals surface area contributed by atoms with Gasteiger partial charge in [-0.05, 0) is 66.7 Å². The van der Waals surface area contributed by atoms with E-state index in [2.05, 4.69) is 81.8 Å². The zero-order valence-electron chi connectivity index (χ0n) is 20.5. The van der Waals surface area contributed by atoms with Gasteiger partial charge < -0.3 is 13.6 Å². The SMILES string of the molecule is CCCCSc1ccc2nc(-c3ccc(OCCCO[Si](C)(C)C(C)(C)C)cc3)cn2c1. The van der Waals surface area contributed by atoms with E-state index in [4.69, 9.17) is 14.1 Å². The molecule has 0 unspecified atom stereocenters. The molecule has 0 fully saturated rings. The molecule has 3 rings (SSSR count). The Morgan fingerprint density at radius 2 is 1.72 bits per heavy atom. The minimum absolute atomic E-state index is 0.247. The highest BCUT2D eigenvalue weighted by Gasteiger charge is 2.36. The maximum atomic E-state index is 6.22. The first-order chi connectivity index (χ1) is 15.2. The molecule has 32 heavy (non-hydrogen) atoms. The Morgan fingerprint density at radius 3 is 2.41 bits per heavy atom. The van der Waals surface area contributed by atoms with Crippen molar-refractivity contribution >= 4 is 25.7 Å². The average Bonchev–Trinajstić information content (AvgIpc) is 3.17. The van der Waals surface area contributed by atoms with Crippen molar-refractivity contribution in [2.24, 2.45) is 0 Å². The molecule has 0 saturated carbocycles. The molecule has 2 heterocycles. The van der Waals surface area contributed by atoms with Crippen LogP contribution in [0.3, 0.4) is 0 Å². The predicted octanol–water partition coefficient (Wildman–Crippen LogP) is 7.68. The Kier molecular flexibility index (Phi) is 8.47. The molecule has 0 aliphatic rings. The smallest absolute Gasteiger partial charge is 0.191 e. The summed E-state index contributed by atoms with van der Waals surface area (Å²) in [6.45, 7) is 15.0. The zero-order chi connectivity index (χ0) is 23.2. The molecular weight excluding hydrogens is 432 g/mol. The highest BCUT2D eigenvalue weighted by Crippen LogP contribution is 2.36. The molecule has 0 bridgehead atoms. The molecule has 174 valence electrons. The lowest BCUT2D eigenvalue weighted by Crippen LogP contribution is -2.41. The van der Waals surface area contributed by atoms with Gasteiger partial charge in [-0.2, -0.15) is 0 Å². The highest BCUT2D eigenvalue weighted by atomic mass is 32.2. The summed E-state index contributed by atoms with van der Waals surface area (Å²) < 4.78 is 14.3. The summed E-state index contributed by atoms with van der Waals surface area (Å²) in [5, 5.41) is 0.247. The minimum Gasteiger partial charge on any atom is -0.494 e. The van der Waals surface area contributed by atoms with E-state index >= 15 is 0 Å². The first-order valence-corrected chi connectivity index (χ1v) is 15.6. The van der Waals surface area contributed by atoms with Gasteiger partial charge in [0.25, 0.3) is 0 Å². The van der Waals surface area contributed by atoms with Gasteiger partial charge in [-0.3, -0.25) is 0 Å². The number of nitrogens with zero attached hydrogens (tertiary/aromatic N) is 2. The quantitative estimate of drug-likeness (QED) is 0.163. The highest BCUT2D eigenvalue weighted by molar-refractivity contribution is 7.99. The third-order valence-corrected chi connectivity index (χ3v) is 11.8. The number of hydrogen-bond acceptors (Lipinski definition) is 4. The van der Waals surface area contributed by atoms with Crippen molar-refractivity contribution in [2.45, 2.75) is 70.0 Å². The molecule has 4 nitrogen and oxygen atoms in total. The number of imidazole rings is 1. The van der Waals surface area contributed by atoms with E-state index in [1.54, 1.807) is 0 Å². The molecule has 1 aromatic carbocycles. The van der Waals surface area contributed by atoms with E-state index in [1.165, 1.54) is 17.7 Å². The normalized spacial score (nSPS) is 12.4. The number of thioether (sulfide) groups is 1. The second-order valence-electron chi connectivity index (χ2n) is 9.79. The van der Waals surface area contributed by atoms with Gasteiger partial charge in [0.2, 0.25) is 0 Å². The lowest BCUT2D eigenvalue weighted by molar-refractivity contribution is 0.234. The number of rotatable bonds is 11. The summed E-state index contributed by atoms with van der Waals surface area (Å²) in [7, 11) is -1.67. The van der Waals surface area contributed by atoms with Crippen LogP contribution in [0.4, 0.5) is 0 Å². The van der Waals surface area contributed by atoms with Crippen LogP contribution < -0.4 is 4.74 Å². The monoisotopic (exact) mass is 470 g/mol. The van der Waals surface area contributed by atoms with Gasteiger partial charge in [0.1, 0.15) is 11.4 Å². The zero-order valence-corrected chi connectivity index (χ0v) is 22.3. The van der Waals surface area contributed by atoms with E-state index < -0.39 is 8.32 Å². The molecule has 0 amide bonds. The van der Waals surface area contributed by atoms with Crippen LogP contribution in [0.15, 0.2) is 53.7 Å². The van der Waals surface area contributed by atoms with Gasteiger partial charge in [0.15, 0.2) is 8.32 Å². The predicted molar refractivity (Wildman–Crippen MR) is 140 cm³/mol. The van der Waals surface area contributed by atoms with Crippen molar-refractivity contribution in [3.63, 3.8) is 0 Å². The number of fused-ring (bicyclic) bond motifs is 1. The first-order valence-electron chi connectivity index (χ1n) is 11.7. The van der Waals surface area contributed by atoms with Crippen molar-refractivity contribution in [1.29, 1.82) is 0 Å². The van der Waals surface area contributed by atoms with Crippen LogP contribution in [0.25, 0.3) is 16.9 Å². The third kappa shape index (κ3) is 6.62. The van der Waals surface area contributed by atoms with Gasteiger partial charge in [-0.15, -0.1) is 11.8 Å². The lowest BCUT2D eigenvalue weighted by atomic mass is 10.2. The summed E-state index contributed by atoms with van der Waals surface area (Å²) in [5.41, 5.74) is 3.06. The van der Waals surface area contributed by atoms with Crippen molar-refractivity contribution in [2.75, 3.05) is 19.0 Å². The number of benzene rings is 1. The van der Waals surface area contributed by atoms with Crippen LogP contribution in [0.2, 0.25) is 18.1 Å². The number of aromatic nitrogens is 2. The van der Waals surface area contributed by atoms with Crippen LogP contribution in [0, 0.1) is 0 Å². The third-order valence-electron chi connectivity index (χ3n) is 6.17. The van der Waals surface area contributed by atoms with Crippen LogP contribution in [-0.2, 0) is 4.43 Å². The molecule has 0 radical (unpaired) electrons. The molecule has 3 aromatic rings. The van der Waals surface area contributed by atoms with Gasteiger partial charge in [0.05, 0.1) is 12.3 Å². The van der Waals surface area contributed by atoms with Crippen molar-refractivity contribution in [1.82, 2.24) is 9.38 Å². The van der Waals surface area contributed by atoms with Crippen molar-refractivity contribution < 1.29 is 9.16 Å².